The van der Waals surface area contributed by atoms with Gasteiger partial charge in [0.2, 0.25) is 0 Å². The Hall–Kier alpha value is -2.48. The smallest absolute Gasteiger partial charge is 0.266 e. The van der Waals surface area contributed by atoms with Gasteiger partial charge in [-0.15, -0.1) is 0 Å². The number of hydrogen-bond donors (Lipinski definition) is 1. The van der Waals surface area contributed by atoms with Gasteiger partial charge >= 0.3 is 0 Å². The van der Waals surface area contributed by atoms with Gasteiger partial charge in [-0.2, -0.15) is 5.26 Å². The number of aromatic amines is 1. The van der Waals surface area contributed by atoms with E-state index in [-0.39, 0.29) is 5.56 Å². The molecule has 0 spiro atoms. The molecule has 1 N–H and O–H groups in total. The van der Waals surface area contributed by atoms with Crippen LogP contribution in [0, 0.1) is 11.3 Å². The summed E-state index contributed by atoms with van der Waals surface area (Å²) in [5.74, 6) is 1.25. The van der Waals surface area contributed by atoms with Crippen LogP contribution in [-0.4, -0.2) is 18.2 Å². The average molecular weight is 228 g/mol. The largest absolute Gasteiger partial charge is 0.486 e. The second kappa shape index (κ2) is 3.52. The van der Waals surface area contributed by atoms with Crippen LogP contribution in [0.1, 0.15) is 5.56 Å². The molecule has 0 aliphatic carbocycles. The molecule has 0 amide bonds. The Balaban J connectivity index is 2.31. The number of H-pyrrole nitrogens is 1. The highest BCUT2D eigenvalue weighted by molar-refractivity contribution is 5.83. The molecule has 1 aliphatic rings. The fourth-order valence-corrected chi connectivity index (χ4v) is 1.83. The third-order valence-electron chi connectivity index (χ3n) is 2.63. The number of nitrogens with one attached hydrogen (secondary N) is 1. The fraction of sp³-hybridized carbons (Fsp3) is 0.167. The average Bonchev–Trinajstić information content (AvgIpc) is 2.35. The van der Waals surface area contributed by atoms with E-state index >= 15 is 0 Å². The summed E-state index contributed by atoms with van der Waals surface area (Å²) in [5.41, 5.74) is 0.337. The molecule has 17 heavy (non-hydrogen) atoms. The molecular weight excluding hydrogens is 220 g/mol. The summed E-state index contributed by atoms with van der Waals surface area (Å²) in [7, 11) is 0. The summed E-state index contributed by atoms with van der Waals surface area (Å²) < 4.78 is 10.9. The number of fused-ring (bicyclic) bond motifs is 2. The summed E-state index contributed by atoms with van der Waals surface area (Å²) in [6, 6.07) is 6.88. The Bertz CT molecular complexity index is 697. The van der Waals surface area contributed by atoms with E-state index < -0.39 is 5.56 Å². The van der Waals surface area contributed by atoms with Crippen LogP contribution in [0.3, 0.4) is 0 Å². The molecule has 2 aromatic rings. The van der Waals surface area contributed by atoms with Crippen LogP contribution in [0.25, 0.3) is 10.9 Å². The van der Waals surface area contributed by atoms with E-state index in [4.69, 9.17) is 14.7 Å². The lowest BCUT2D eigenvalue weighted by Gasteiger charge is -2.18. The molecule has 0 bridgehead atoms. The number of nitrogens with zero attached hydrogens (tertiary/aromatic N) is 1. The van der Waals surface area contributed by atoms with E-state index in [9.17, 15) is 4.79 Å². The second-order valence-electron chi connectivity index (χ2n) is 3.71. The van der Waals surface area contributed by atoms with E-state index in [1.165, 1.54) is 0 Å². The number of hydrogen-bond acceptors (Lipinski definition) is 4. The van der Waals surface area contributed by atoms with Crippen molar-refractivity contribution in [2.75, 3.05) is 13.2 Å². The first-order valence-corrected chi connectivity index (χ1v) is 5.15. The second-order valence-corrected chi connectivity index (χ2v) is 3.71. The predicted molar refractivity (Wildman–Crippen MR) is 60.3 cm³/mol. The molecule has 3 rings (SSSR count). The highest BCUT2D eigenvalue weighted by Gasteiger charge is 2.13. The van der Waals surface area contributed by atoms with Crippen LogP contribution in [0.15, 0.2) is 23.0 Å². The zero-order valence-corrected chi connectivity index (χ0v) is 8.82. The molecule has 0 saturated heterocycles. The molecule has 5 heteroatoms. The minimum absolute atomic E-state index is 0.0918. The molecule has 0 radical (unpaired) electrons. The zero-order chi connectivity index (χ0) is 11.8. The van der Waals surface area contributed by atoms with Crippen molar-refractivity contribution in [3.05, 3.63) is 34.1 Å². The fourth-order valence-electron chi connectivity index (χ4n) is 1.83. The molecule has 1 aromatic heterocycles. The zero-order valence-electron chi connectivity index (χ0n) is 8.82. The van der Waals surface area contributed by atoms with Crippen LogP contribution in [0.4, 0.5) is 0 Å². The van der Waals surface area contributed by atoms with Crippen molar-refractivity contribution in [2.45, 2.75) is 0 Å². The summed E-state index contributed by atoms with van der Waals surface area (Å²) in [4.78, 5) is 14.1. The third-order valence-corrected chi connectivity index (χ3v) is 2.63. The molecule has 1 aliphatic heterocycles. The Labute approximate surface area is 96.2 Å². The standard InChI is InChI=1S/C12H8N2O3/c13-6-8-3-7-4-10-11(17-2-1-16-10)5-9(7)14-12(8)15/h3-5H,1-2H2,(H,14,15). The quantitative estimate of drug-likeness (QED) is 0.734. The lowest BCUT2D eigenvalue weighted by Crippen LogP contribution is -2.16. The van der Waals surface area contributed by atoms with Crippen LogP contribution in [0.2, 0.25) is 0 Å². The van der Waals surface area contributed by atoms with Gasteiger partial charge in [0.1, 0.15) is 24.8 Å². The van der Waals surface area contributed by atoms with Gasteiger partial charge in [0, 0.05) is 11.5 Å². The van der Waals surface area contributed by atoms with Crippen molar-refractivity contribution >= 4 is 10.9 Å². The maximum Gasteiger partial charge on any atom is 0.266 e. The summed E-state index contributed by atoms with van der Waals surface area (Å²) in [6.07, 6.45) is 0. The molecule has 0 saturated carbocycles. The van der Waals surface area contributed by atoms with Crippen molar-refractivity contribution in [3.63, 3.8) is 0 Å². The predicted octanol–water partition coefficient (Wildman–Crippen LogP) is 1.17. The Morgan fingerprint density at radius 2 is 1.88 bits per heavy atom. The van der Waals surface area contributed by atoms with Gasteiger partial charge in [-0.25, -0.2) is 0 Å². The molecule has 0 atom stereocenters. The van der Waals surface area contributed by atoms with E-state index in [1.807, 2.05) is 6.07 Å². The Kier molecular flexibility index (Phi) is 2.02. The number of ether oxygens (including phenoxy) is 2. The van der Waals surface area contributed by atoms with E-state index in [2.05, 4.69) is 4.98 Å². The van der Waals surface area contributed by atoms with Crippen LogP contribution >= 0.6 is 0 Å². The third kappa shape index (κ3) is 1.51. The van der Waals surface area contributed by atoms with Gasteiger partial charge in [-0.3, -0.25) is 4.79 Å². The lowest BCUT2D eigenvalue weighted by atomic mass is 10.1. The summed E-state index contributed by atoms with van der Waals surface area (Å²) in [5, 5.41) is 9.55. The van der Waals surface area contributed by atoms with Gasteiger partial charge in [0.15, 0.2) is 11.5 Å². The monoisotopic (exact) mass is 228 g/mol. The van der Waals surface area contributed by atoms with Gasteiger partial charge in [-0.05, 0) is 12.1 Å². The summed E-state index contributed by atoms with van der Waals surface area (Å²) in [6.45, 7) is 1.01. The first-order valence-electron chi connectivity index (χ1n) is 5.15. The van der Waals surface area contributed by atoms with Gasteiger partial charge < -0.3 is 14.5 Å². The minimum Gasteiger partial charge on any atom is -0.486 e. The van der Waals surface area contributed by atoms with Crippen LogP contribution in [0.5, 0.6) is 11.5 Å². The number of aromatic nitrogens is 1. The van der Waals surface area contributed by atoms with Crippen molar-refractivity contribution in [1.29, 1.82) is 5.26 Å². The Morgan fingerprint density at radius 3 is 2.59 bits per heavy atom. The van der Waals surface area contributed by atoms with Gasteiger partial charge in [-0.1, -0.05) is 0 Å². The molecule has 0 unspecified atom stereocenters. The number of rotatable bonds is 0. The van der Waals surface area contributed by atoms with Crippen molar-refractivity contribution < 1.29 is 9.47 Å². The first-order chi connectivity index (χ1) is 8.28. The number of pyridine rings is 1. The first kappa shape index (κ1) is 9.73. The maximum atomic E-state index is 11.5. The van der Waals surface area contributed by atoms with Gasteiger partial charge in [0.05, 0.1) is 5.52 Å². The van der Waals surface area contributed by atoms with E-state index in [0.717, 1.165) is 5.39 Å². The maximum absolute atomic E-state index is 11.5. The van der Waals surface area contributed by atoms with Crippen molar-refractivity contribution in [3.8, 4) is 17.6 Å². The highest BCUT2D eigenvalue weighted by Crippen LogP contribution is 2.33. The van der Waals surface area contributed by atoms with Crippen molar-refractivity contribution in [1.82, 2.24) is 4.98 Å². The lowest BCUT2D eigenvalue weighted by molar-refractivity contribution is 0.172. The molecule has 0 fully saturated rings. The van der Waals surface area contributed by atoms with Crippen molar-refractivity contribution in [2.24, 2.45) is 0 Å². The molecule has 1 aromatic carbocycles. The van der Waals surface area contributed by atoms with Crippen LogP contribution < -0.4 is 15.0 Å². The summed E-state index contributed by atoms with van der Waals surface area (Å²) >= 11 is 0. The topological polar surface area (TPSA) is 75.1 Å². The Morgan fingerprint density at radius 1 is 1.18 bits per heavy atom. The number of benzene rings is 1. The molecule has 84 valence electrons. The highest BCUT2D eigenvalue weighted by atomic mass is 16.6. The molecule has 2 heterocycles. The minimum atomic E-state index is -0.392. The van der Waals surface area contributed by atoms with E-state index in [1.54, 1.807) is 18.2 Å². The molecule has 5 nitrogen and oxygen atoms in total. The SMILES string of the molecule is N#Cc1cc2cc3c(cc2[nH]c1=O)OCCO3. The number of nitriles is 1. The van der Waals surface area contributed by atoms with Gasteiger partial charge in [0.25, 0.3) is 5.56 Å². The van der Waals surface area contributed by atoms with E-state index in [0.29, 0.717) is 30.2 Å². The normalized spacial score (nSPS) is 13.4. The molecular formula is C12H8N2O3. The van der Waals surface area contributed by atoms with Crippen LogP contribution in [-0.2, 0) is 0 Å².